The second-order valence-corrected chi connectivity index (χ2v) is 5.83. The fourth-order valence-corrected chi connectivity index (χ4v) is 2.92. The molecule has 0 radical (unpaired) electrons. The van der Waals surface area contributed by atoms with Crippen LogP contribution in [-0.4, -0.2) is 31.1 Å². The molecule has 112 valence electrons. The molecule has 1 heterocycles. The lowest BCUT2D eigenvalue weighted by Gasteiger charge is -2.10. The van der Waals surface area contributed by atoms with Gasteiger partial charge in [-0.2, -0.15) is 0 Å². The molecule has 1 N–H and O–H groups in total. The van der Waals surface area contributed by atoms with Crippen LogP contribution >= 0.6 is 11.8 Å². The molecule has 1 unspecified atom stereocenters. The second-order valence-electron chi connectivity index (χ2n) is 4.84. The molecule has 22 heavy (non-hydrogen) atoms. The van der Waals surface area contributed by atoms with E-state index in [1.807, 2.05) is 60.7 Å². The van der Waals surface area contributed by atoms with Gasteiger partial charge < -0.3 is 5.11 Å². The summed E-state index contributed by atoms with van der Waals surface area (Å²) in [5.41, 5.74) is 2.04. The molecule has 0 spiro atoms. The summed E-state index contributed by atoms with van der Waals surface area (Å²) >= 11 is 1.45. The first kappa shape index (κ1) is 14.7. The predicted octanol–water partition coefficient (Wildman–Crippen LogP) is 2.55. The first-order valence-electron chi connectivity index (χ1n) is 6.99. The predicted molar refractivity (Wildman–Crippen MR) is 85.5 cm³/mol. The van der Waals surface area contributed by atoms with E-state index in [9.17, 15) is 5.11 Å². The Kier molecular flexibility index (Phi) is 4.82. The highest BCUT2D eigenvalue weighted by Gasteiger charge is 2.12. The minimum atomic E-state index is -0.534. The van der Waals surface area contributed by atoms with Gasteiger partial charge in [-0.25, -0.2) is 4.68 Å². The van der Waals surface area contributed by atoms with Gasteiger partial charge in [0.1, 0.15) is 0 Å². The van der Waals surface area contributed by atoms with Crippen LogP contribution in [0.25, 0.3) is 0 Å². The number of rotatable bonds is 6. The molecule has 6 heteroatoms. The largest absolute Gasteiger partial charge is 0.388 e. The van der Waals surface area contributed by atoms with Crippen LogP contribution in [0.1, 0.15) is 17.2 Å². The molecule has 0 bridgehead atoms. The molecule has 3 rings (SSSR count). The fourth-order valence-electron chi connectivity index (χ4n) is 2.08. The smallest absolute Gasteiger partial charge is 0.209 e. The van der Waals surface area contributed by atoms with Crippen LogP contribution in [0.5, 0.6) is 0 Å². The van der Waals surface area contributed by atoms with Crippen LogP contribution in [0.4, 0.5) is 0 Å². The van der Waals surface area contributed by atoms with Crippen molar-refractivity contribution in [1.29, 1.82) is 0 Å². The summed E-state index contributed by atoms with van der Waals surface area (Å²) in [6, 6.07) is 19.6. The maximum Gasteiger partial charge on any atom is 0.209 e. The SMILES string of the molecule is OC(CSc1nnnn1Cc1ccccc1)c1ccccc1. The van der Waals surface area contributed by atoms with Crippen molar-refractivity contribution < 1.29 is 5.11 Å². The van der Waals surface area contributed by atoms with Gasteiger partial charge in [0.05, 0.1) is 12.6 Å². The normalized spacial score (nSPS) is 12.2. The minimum Gasteiger partial charge on any atom is -0.388 e. The highest BCUT2D eigenvalue weighted by Crippen LogP contribution is 2.23. The Morgan fingerprint density at radius 3 is 2.41 bits per heavy atom. The van der Waals surface area contributed by atoms with Gasteiger partial charge in [0, 0.05) is 5.75 Å². The number of hydrogen-bond donors (Lipinski definition) is 1. The lowest BCUT2D eigenvalue weighted by molar-refractivity contribution is 0.204. The molecule has 0 fully saturated rings. The Morgan fingerprint density at radius 1 is 1.00 bits per heavy atom. The molecule has 1 aromatic heterocycles. The molecule has 5 nitrogen and oxygen atoms in total. The first-order chi connectivity index (χ1) is 10.8. The van der Waals surface area contributed by atoms with Crippen molar-refractivity contribution in [1.82, 2.24) is 20.2 Å². The second kappa shape index (κ2) is 7.20. The summed E-state index contributed by atoms with van der Waals surface area (Å²) in [5, 5.41) is 22.7. The number of aliphatic hydroxyl groups excluding tert-OH is 1. The Balaban J connectivity index is 1.63. The summed E-state index contributed by atoms with van der Waals surface area (Å²) in [7, 11) is 0. The van der Waals surface area contributed by atoms with Crippen molar-refractivity contribution in [2.75, 3.05) is 5.75 Å². The van der Waals surface area contributed by atoms with Gasteiger partial charge in [-0.1, -0.05) is 72.4 Å². The topological polar surface area (TPSA) is 63.8 Å². The third-order valence-electron chi connectivity index (χ3n) is 3.23. The van der Waals surface area contributed by atoms with Gasteiger partial charge in [0.15, 0.2) is 0 Å². The zero-order chi connectivity index (χ0) is 15.2. The number of nitrogens with zero attached hydrogens (tertiary/aromatic N) is 4. The van der Waals surface area contributed by atoms with Crippen molar-refractivity contribution in [2.24, 2.45) is 0 Å². The Morgan fingerprint density at radius 2 is 1.68 bits per heavy atom. The number of aromatic nitrogens is 4. The van der Waals surface area contributed by atoms with Gasteiger partial charge in [-0.3, -0.25) is 0 Å². The van der Waals surface area contributed by atoms with E-state index in [4.69, 9.17) is 0 Å². The van der Waals surface area contributed by atoms with E-state index < -0.39 is 6.10 Å². The van der Waals surface area contributed by atoms with Gasteiger partial charge >= 0.3 is 0 Å². The van der Waals surface area contributed by atoms with Crippen LogP contribution in [0, 0.1) is 0 Å². The van der Waals surface area contributed by atoms with Crippen molar-refractivity contribution in [3.8, 4) is 0 Å². The zero-order valence-electron chi connectivity index (χ0n) is 11.9. The molecule has 2 aromatic carbocycles. The van der Waals surface area contributed by atoms with Crippen LogP contribution < -0.4 is 0 Å². The van der Waals surface area contributed by atoms with E-state index in [1.54, 1.807) is 4.68 Å². The number of benzene rings is 2. The van der Waals surface area contributed by atoms with Crippen LogP contribution in [0.3, 0.4) is 0 Å². The Hall–Kier alpha value is -2.18. The molecule has 0 aliphatic rings. The first-order valence-corrected chi connectivity index (χ1v) is 7.97. The van der Waals surface area contributed by atoms with Gasteiger partial charge in [-0.05, 0) is 21.6 Å². The van der Waals surface area contributed by atoms with Gasteiger partial charge in [0.25, 0.3) is 0 Å². The lowest BCUT2D eigenvalue weighted by atomic mass is 10.1. The standard InChI is InChI=1S/C16H16N4OS/c21-15(14-9-5-2-6-10-14)12-22-16-17-18-19-20(16)11-13-7-3-1-4-8-13/h1-10,15,21H,11-12H2. The van der Waals surface area contributed by atoms with E-state index in [1.165, 1.54) is 11.8 Å². The highest BCUT2D eigenvalue weighted by atomic mass is 32.2. The van der Waals surface area contributed by atoms with Crippen LogP contribution in [0.2, 0.25) is 0 Å². The quantitative estimate of drug-likeness (QED) is 0.709. The monoisotopic (exact) mass is 312 g/mol. The molecule has 0 aliphatic carbocycles. The van der Waals surface area contributed by atoms with Crippen molar-refractivity contribution in [2.45, 2.75) is 17.8 Å². The fraction of sp³-hybridized carbons (Fsp3) is 0.188. The van der Waals surface area contributed by atoms with E-state index in [0.717, 1.165) is 11.1 Å². The third-order valence-corrected chi connectivity index (χ3v) is 4.26. The lowest BCUT2D eigenvalue weighted by Crippen LogP contribution is -2.06. The number of hydrogen-bond acceptors (Lipinski definition) is 5. The maximum atomic E-state index is 10.2. The molecule has 0 saturated carbocycles. The highest BCUT2D eigenvalue weighted by molar-refractivity contribution is 7.99. The van der Waals surface area contributed by atoms with Crippen LogP contribution in [-0.2, 0) is 6.54 Å². The molecule has 3 aromatic rings. The van der Waals surface area contributed by atoms with Crippen molar-refractivity contribution in [3.63, 3.8) is 0 Å². The number of thioether (sulfide) groups is 1. The van der Waals surface area contributed by atoms with E-state index in [-0.39, 0.29) is 0 Å². The van der Waals surface area contributed by atoms with Gasteiger partial charge in [0.2, 0.25) is 5.16 Å². The molecule has 0 saturated heterocycles. The van der Waals surface area contributed by atoms with Crippen LogP contribution in [0.15, 0.2) is 65.8 Å². The van der Waals surface area contributed by atoms with E-state index >= 15 is 0 Å². The molecular formula is C16H16N4OS. The number of tetrazole rings is 1. The molecule has 0 amide bonds. The third kappa shape index (κ3) is 3.72. The van der Waals surface area contributed by atoms with E-state index in [0.29, 0.717) is 17.5 Å². The van der Waals surface area contributed by atoms with Crippen molar-refractivity contribution >= 4 is 11.8 Å². The average Bonchev–Trinajstić information content (AvgIpc) is 3.01. The average molecular weight is 312 g/mol. The summed E-state index contributed by atoms with van der Waals surface area (Å²) in [5.74, 6) is 0.513. The van der Waals surface area contributed by atoms with Crippen molar-refractivity contribution in [3.05, 3.63) is 71.8 Å². The number of aliphatic hydroxyl groups is 1. The van der Waals surface area contributed by atoms with E-state index in [2.05, 4.69) is 15.5 Å². The maximum absolute atomic E-state index is 10.2. The summed E-state index contributed by atoms with van der Waals surface area (Å²) < 4.78 is 1.75. The molecule has 1 atom stereocenters. The Bertz CT molecular complexity index is 702. The summed E-state index contributed by atoms with van der Waals surface area (Å²) in [6.45, 7) is 0.623. The van der Waals surface area contributed by atoms with Gasteiger partial charge in [-0.15, -0.1) is 5.10 Å². The summed E-state index contributed by atoms with van der Waals surface area (Å²) in [6.07, 6.45) is -0.534. The zero-order valence-corrected chi connectivity index (χ0v) is 12.7. The molecule has 0 aliphatic heterocycles. The minimum absolute atomic E-state index is 0.513. The Labute approximate surface area is 133 Å². The summed E-state index contributed by atoms with van der Waals surface area (Å²) in [4.78, 5) is 0. The molecular weight excluding hydrogens is 296 g/mol.